The fourth-order valence-corrected chi connectivity index (χ4v) is 2.11. The second-order valence-corrected chi connectivity index (χ2v) is 5.44. The van der Waals surface area contributed by atoms with Gasteiger partial charge in [0.1, 0.15) is 12.4 Å². The van der Waals surface area contributed by atoms with Crippen LogP contribution in [0.2, 0.25) is 0 Å². The summed E-state index contributed by atoms with van der Waals surface area (Å²) in [6, 6.07) is 14.3. The summed E-state index contributed by atoms with van der Waals surface area (Å²) in [5.41, 5.74) is 2.21. The van der Waals surface area contributed by atoms with Gasteiger partial charge in [0.25, 0.3) is 5.69 Å². The van der Waals surface area contributed by atoms with Crippen molar-refractivity contribution >= 4 is 35.6 Å². The summed E-state index contributed by atoms with van der Waals surface area (Å²) >= 11 is 0. The van der Waals surface area contributed by atoms with E-state index in [0.717, 1.165) is 11.3 Å². The van der Waals surface area contributed by atoms with Crippen LogP contribution in [0.3, 0.4) is 0 Å². The number of aliphatic imine (C=N–C) groups is 1. The van der Waals surface area contributed by atoms with Crippen molar-refractivity contribution in [1.29, 1.82) is 0 Å². The van der Waals surface area contributed by atoms with E-state index >= 15 is 0 Å². The fraction of sp³-hybridized carbons (Fsp3) is 0.278. The molecule has 0 saturated heterocycles. The maximum atomic E-state index is 10.6. The summed E-state index contributed by atoms with van der Waals surface area (Å²) in [6.07, 6.45) is 0. The summed E-state index contributed by atoms with van der Waals surface area (Å²) in [6.45, 7) is 3.68. The highest BCUT2D eigenvalue weighted by Gasteiger charge is 2.04. The maximum absolute atomic E-state index is 10.6. The first kappa shape index (κ1) is 21.7. The van der Waals surface area contributed by atoms with Crippen molar-refractivity contribution in [1.82, 2.24) is 10.6 Å². The highest BCUT2D eigenvalue weighted by atomic mass is 127. The van der Waals surface area contributed by atoms with Gasteiger partial charge in [0.05, 0.1) is 11.5 Å². The van der Waals surface area contributed by atoms with Crippen LogP contribution < -0.4 is 15.4 Å². The van der Waals surface area contributed by atoms with Crippen LogP contribution in [-0.2, 0) is 6.54 Å². The van der Waals surface area contributed by atoms with E-state index in [-0.39, 0.29) is 29.7 Å². The van der Waals surface area contributed by atoms with Crippen LogP contribution in [-0.4, -0.2) is 31.1 Å². The zero-order valence-corrected chi connectivity index (χ0v) is 17.1. The molecular weight excluding hydrogens is 447 g/mol. The summed E-state index contributed by atoms with van der Waals surface area (Å²) in [5.74, 6) is 1.48. The smallest absolute Gasteiger partial charge is 0.269 e. The predicted molar refractivity (Wildman–Crippen MR) is 113 cm³/mol. The molecule has 0 fully saturated rings. The first-order valence-electron chi connectivity index (χ1n) is 7.96. The minimum Gasteiger partial charge on any atom is -0.492 e. The molecule has 0 atom stereocenters. The molecule has 2 aromatic carbocycles. The van der Waals surface area contributed by atoms with Crippen LogP contribution in [0.15, 0.2) is 53.5 Å². The van der Waals surface area contributed by atoms with E-state index in [0.29, 0.717) is 25.7 Å². The van der Waals surface area contributed by atoms with Gasteiger partial charge in [-0.25, -0.2) is 0 Å². The van der Waals surface area contributed by atoms with Gasteiger partial charge in [-0.3, -0.25) is 15.1 Å². The highest BCUT2D eigenvalue weighted by Crippen LogP contribution is 2.12. The van der Waals surface area contributed by atoms with E-state index < -0.39 is 4.92 Å². The number of non-ortho nitro benzene ring substituents is 1. The van der Waals surface area contributed by atoms with E-state index in [9.17, 15) is 10.1 Å². The Morgan fingerprint density at radius 2 is 1.77 bits per heavy atom. The second kappa shape index (κ2) is 11.3. The Kier molecular flexibility index (Phi) is 9.42. The Bertz CT molecular complexity index is 718. The minimum absolute atomic E-state index is 0. The number of nitrogens with zero attached hydrogens (tertiary/aromatic N) is 2. The number of benzene rings is 2. The summed E-state index contributed by atoms with van der Waals surface area (Å²) < 4.78 is 5.65. The molecule has 140 valence electrons. The number of hydrogen-bond acceptors (Lipinski definition) is 4. The lowest BCUT2D eigenvalue weighted by atomic mass is 10.2. The summed E-state index contributed by atoms with van der Waals surface area (Å²) in [5, 5.41) is 17.0. The molecule has 2 aromatic rings. The van der Waals surface area contributed by atoms with E-state index in [4.69, 9.17) is 4.74 Å². The van der Waals surface area contributed by atoms with E-state index in [1.165, 1.54) is 17.7 Å². The van der Waals surface area contributed by atoms with Gasteiger partial charge in [-0.1, -0.05) is 29.8 Å². The quantitative estimate of drug-likeness (QED) is 0.162. The largest absolute Gasteiger partial charge is 0.492 e. The number of guanidine groups is 1. The lowest BCUT2D eigenvalue weighted by molar-refractivity contribution is -0.384. The lowest BCUT2D eigenvalue weighted by Gasteiger charge is -2.12. The van der Waals surface area contributed by atoms with Gasteiger partial charge >= 0.3 is 0 Å². The van der Waals surface area contributed by atoms with Gasteiger partial charge in [-0.05, 0) is 24.6 Å². The van der Waals surface area contributed by atoms with Crippen molar-refractivity contribution in [2.45, 2.75) is 13.5 Å². The Morgan fingerprint density at radius 1 is 1.12 bits per heavy atom. The molecule has 0 heterocycles. The van der Waals surface area contributed by atoms with E-state index in [1.807, 2.05) is 31.2 Å². The van der Waals surface area contributed by atoms with Crippen LogP contribution in [0.25, 0.3) is 0 Å². The molecule has 0 aliphatic rings. The molecule has 0 amide bonds. The van der Waals surface area contributed by atoms with Crippen LogP contribution >= 0.6 is 24.0 Å². The third-order valence-electron chi connectivity index (χ3n) is 3.51. The van der Waals surface area contributed by atoms with Crippen molar-refractivity contribution in [2.24, 2.45) is 4.99 Å². The molecule has 0 spiro atoms. The number of hydrogen-bond donors (Lipinski definition) is 2. The number of rotatable bonds is 7. The van der Waals surface area contributed by atoms with Gasteiger partial charge in [-0.2, -0.15) is 0 Å². The molecule has 0 unspecified atom stereocenters. The number of aryl methyl sites for hydroxylation is 1. The number of nitro groups is 1. The molecule has 0 aliphatic heterocycles. The Hall–Kier alpha value is -2.36. The summed E-state index contributed by atoms with van der Waals surface area (Å²) in [7, 11) is 1.69. The van der Waals surface area contributed by atoms with E-state index in [1.54, 1.807) is 19.2 Å². The molecule has 2 rings (SSSR count). The van der Waals surface area contributed by atoms with Gasteiger partial charge in [0, 0.05) is 25.7 Å². The number of nitro benzene ring substituents is 1. The minimum atomic E-state index is -0.411. The number of halogens is 1. The predicted octanol–water partition coefficient (Wildman–Crippen LogP) is 3.27. The number of ether oxygens (including phenoxy) is 1. The van der Waals surface area contributed by atoms with Gasteiger partial charge in [0.2, 0.25) is 0 Å². The topological polar surface area (TPSA) is 88.8 Å². The Balaban J connectivity index is 0.00000338. The highest BCUT2D eigenvalue weighted by molar-refractivity contribution is 14.0. The third kappa shape index (κ3) is 7.26. The molecule has 7 nitrogen and oxygen atoms in total. The van der Waals surface area contributed by atoms with Crippen LogP contribution in [0.4, 0.5) is 5.69 Å². The number of nitrogens with one attached hydrogen (secondary N) is 2. The molecule has 0 bridgehead atoms. The Labute approximate surface area is 170 Å². The zero-order chi connectivity index (χ0) is 18.1. The average molecular weight is 470 g/mol. The molecule has 0 aliphatic carbocycles. The zero-order valence-electron chi connectivity index (χ0n) is 14.8. The van der Waals surface area contributed by atoms with Crippen molar-refractivity contribution in [3.8, 4) is 5.75 Å². The second-order valence-electron chi connectivity index (χ2n) is 5.44. The van der Waals surface area contributed by atoms with Crippen molar-refractivity contribution in [3.05, 3.63) is 69.8 Å². The average Bonchev–Trinajstić information content (AvgIpc) is 2.63. The monoisotopic (exact) mass is 470 g/mol. The van der Waals surface area contributed by atoms with Crippen molar-refractivity contribution in [3.63, 3.8) is 0 Å². The van der Waals surface area contributed by atoms with Crippen LogP contribution in [0.1, 0.15) is 11.1 Å². The van der Waals surface area contributed by atoms with E-state index in [2.05, 4.69) is 15.6 Å². The third-order valence-corrected chi connectivity index (χ3v) is 3.51. The summed E-state index contributed by atoms with van der Waals surface area (Å²) in [4.78, 5) is 14.4. The molecule has 0 aromatic heterocycles. The Morgan fingerprint density at radius 3 is 2.35 bits per heavy atom. The molecule has 0 radical (unpaired) electrons. The fourth-order valence-electron chi connectivity index (χ4n) is 2.11. The molecule has 0 saturated carbocycles. The van der Waals surface area contributed by atoms with Gasteiger partial charge in [-0.15, -0.1) is 24.0 Å². The van der Waals surface area contributed by atoms with Crippen molar-refractivity contribution < 1.29 is 9.66 Å². The first-order valence-corrected chi connectivity index (χ1v) is 7.96. The normalized spacial score (nSPS) is 10.6. The molecule has 2 N–H and O–H groups in total. The maximum Gasteiger partial charge on any atom is 0.269 e. The molecule has 26 heavy (non-hydrogen) atoms. The molecule has 8 heteroatoms. The van der Waals surface area contributed by atoms with Crippen LogP contribution in [0.5, 0.6) is 5.75 Å². The lowest BCUT2D eigenvalue weighted by Crippen LogP contribution is -2.38. The van der Waals surface area contributed by atoms with Crippen molar-refractivity contribution in [2.75, 3.05) is 20.2 Å². The SMILES string of the molecule is CN=C(NCCOc1ccc(C)cc1)NCc1ccc([N+](=O)[O-])cc1.I. The molecular formula is C18H23IN4O3. The first-order chi connectivity index (χ1) is 12.1. The van der Waals surface area contributed by atoms with Gasteiger partial charge < -0.3 is 15.4 Å². The van der Waals surface area contributed by atoms with Crippen LogP contribution in [0, 0.1) is 17.0 Å². The van der Waals surface area contributed by atoms with Gasteiger partial charge in [0.15, 0.2) is 5.96 Å². The standard InChI is InChI=1S/C18H22N4O3.HI/c1-14-3-9-17(10-4-14)25-12-11-20-18(19-2)21-13-15-5-7-16(8-6-15)22(23)24;/h3-10H,11-13H2,1-2H3,(H2,19,20,21);1H.